The number of amides is 1. The lowest BCUT2D eigenvalue weighted by molar-refractivity contribution is 0.0994. The van der Waals surface area contributed by atoms with Gasteiger partial charge in [0.15, 0.2) is 0 Å². The Balaban J connectivity index is 2.32. The summed E-state index contributed by atoms with van der Waals surface area (Å²) in [5.41, 5.74) is 3.60. The number of azo groups is 1. The van der Waals surface area contributed by atoms with Crippen LogP contribution in [-0.4, -0.2) is 11.0 Å². The largest absolute Gasteiger partial charge is 0.508 e. The highest BCUT2D eigenvalue weighted by Gasteiger charge is 2.11. The van der Waals surface area contributed by atoms with Crippen LogP contribution in [0, 0.1) is 13.8 Å². The van der Waals surface area contributed by atoms with Gasteiger partial charge < -0.3 is 5.11 Å². The molecule has 22 heavy (non-hydrogen) atoms. The second-order valence-electron chi connectivity index (χ2n) is 5.67. The van der Waals surface area contributed by atoms with Gasteiger partial charge >= 0.3 is 0 Å². The Hall–Kier alpha value is -2.49. The first-order valence-electron chi connectivity index (χ1n) is 7.25. The molecule has 1 amide bonds. The minimum Gasteiger partial charge on any atom is -0.508 e. The Morgan fingerprint density at radius 1 is 1.09 bits per heavy atom. The zero-order valence-electron chi connectivity index (χ0n) is 13.3. The predicted molar refractivity (Wildman–Crippen MR) is 87.0 cm³/mol. The maximum Gasteiger partial charge on any atom is 0.295 e. The van der Waals surface area contributed by atoms with Gasteiger partial charge in [0.2, 0.25) is 0 Å². The fourth-order valence-corrected chi connectivity index (χ4v) is 2.23. The highest BCUT2D eigenvalue weighted by molar-refractivity contribution is 5.96. The Morgan fingerprint density at radius 3 is 2.41 bits per heavy atom. The summed E-state index contributed by atoms with van der Waals surface area (Å²) in [7, 11) is 0. The van der Waals surface area contributed by atoms with Crippen LogP contribution in [-0.2, 0) is 0 Å². The number of nitrogens with zero attached hydrogens (tertiary/aromatic N) is 2. The van der Waals surface area contributed by atoms with Gasteiger partial charge in [-0.25, -0.2) is 0 Å². The summed E-state index contributed by atoms with van der Waals surface area (Å²) in [5, 5.41) is 17.8. The molecule has 0 aromatic heterocycles. The fraction of sp³-hybridized carbons (Fsp3) is 0.278. The number of aryl methyl sites for hydroxylation is 2. The third-order valence-electron chi connectivity index (χ3n) is 3.59. The summed E-state index contributed by atoms with van der Waals surface area (Å²) < 4.78 is 0. The van der Waals surface area contributed by atoms with Crippen molar-refractivity contribution in [1.29, 1.82) is 0 Å². The minimum absolute atomic E-state index is 0.168. The first-order chi connectivity index (χ1) is 10.4. The highest BCUT2D eigenvalue weighted by atomic mass is 16.3. The van der Waals surface area contributed by atoms with Crippen LogP contribution in [0.4, 0.5) is 5.69 Å². The molecule has 2 aromatic rings. The maximum atomic E-state index is 12.1. The van der Waals surface area contributed by atoms with Crippen molar-refractivity contribution >= 4 is 11.6 Å². The van der Waals surface area contributed by atoms with Crippen molar-refractivity contribution in [2.45, 2.75) is 33.6 Å². The predicted octanol–water partition coefficient (Wildman–Crippen LogP) is 5.06. The second-order valence-corrected chi connectivity index (χ2v) is 5.67. The van der Waals surface area contributed by atoms with Gasteiger partial charge in [-0.05, 0) is 54.7 Å². The van der Waals surface area contributed by atoms with E-state index in [1.807, 2.05) is 39.8 Å². The van der Waals surface area contributed by atoms with E-state index in [0.717, 1.165) is 16.7 Å². The number of carbonyl (C=O) groups excluding carboxylic acids is 1. The SMILES string of the molecule is Cc1cc(O)c(C(C)C)cc1N=NC(=O)c1ccccc1C. The number of benzene rings is 2. The number of phenolic OH excluding ortho intramolecular Hbond substituents is 1. The minimum atomic E-state index is -0.364. The Labute approximate surface area is 130 Å². The lowest BCUT2D eigenvalue weighted by Gasteiger charge is -2.10. The third kappa shape index (κ3) is 3.39. The average Bonchev–Trinajstić information content (AvgIpc) is 2.46. The van der Waals surface area contributed by atoms with Gasteiger partial charge in [-0.2, -0.15) is 0 Å². The Morgan fingerprint density at radius 2 is 1.77 bits per heavy atom. The van der Waals surface area contributed by atoms with Gasteiger partial charge in [-0.15, -0.1) is 10.2 Å². The molecule has 4 nitrogen and oxygen atoms in total. The van der Waals surface area contributed by atoms with Crippen LogP contribution in [0.1, 0.15) is 46.8 Å². The van der Waals surface area contributed by atoms with Gasteiger partial charge in [0, 0.05) is 5.56 Å². The standard InChI is InChI=1S/C18H20N2O2/c1-11(2)15-10-16(13(4)9-17(15)21)19-20-18(22)14-8-6-5-7-12(14)3/h5-11,21H,1-4H3. The quantitative estimate of drug-likeness (QED) is 0.805. The molecule has 2 aromatic carbocycles. The second kappa shape index (κ2) is 6.52. The van der Waals surface area contributed by atoms with Gasteiger partial charge in [0.05, 0.1) is 5.69 Å². The molecule has 0 saturated heterocycles. The molecule has 0 saturated carbocycles. The topological polar surface area (TPSA) is 62.0 Å². The molecular weight excluding hydrogens is 276 g/mol. The van der Waals surface area contributed by atoms with E-state index >= 15 is 0 Å². The van der Waals surface area contributed by atoms with Crippen molar-refractivity contribution in [3.63, 3.8) is 0 Å². The number of hydrogen-bond acceptors (Lipinski definition) is 3. The summed E-state index contributed by atoms with van der Waals surface area (Å²) in [6.07, 6.45) is 0. The zero-order chi connectivity index (χ0) is 16.3. The van der Waals surface area contributed by atoms with Crippen LogP contribution in [0.2, 0.25) is 0 Å². The van der Waals surface area contributed by atoms with E-state index in [2.05, 4.69) is 10.2 Å². The van der Waals surface area contributed by atoms with Crippen molar-refractivity contribution in [3.05, 3.63) is 58.7 Å². The molecular formula is C18H20N2O2. The molecule has 0 unspecified atom stereocenters. The molecule has 0 aliphatic carbocycles. The van der Waals surface area contributed by atoms with E-state index in [1.165, 1.54) is 0 Å². The van der Waals surface area contributed by atoms with E-state index in [4.69, 9.17) is 0 Å². The van der Waals surface area contributed by atoms with Gasteiger partial charge in [-0.1, -0.05) is 32.0 Å². The third-order valence-corrected chi connectivity index (χ3v) is 3.59. The fourth-order valence-electron chi connectivity index (χ4n) is 2.23. The number of phenols is 1. The number of hydrogen-bond donors (Lipinski definition) is 1. The summed E-state index contributed by atoms with van der Waals surface area (Å²) in [4.78, 5) is 12.1. The molecule has 0 aliphatic rings. The summed E-state index contributed by atoms with van der Waals surface area (Å²) in [5.74, 6) is 0.0509. The molecule has 0 radical (unpaired) electrons. The first kappa shape index (κ1) is 15.9. The van der Waals surface area contributed by atoms with Crippen molar-refractivity contribution < 1.29 is 9.90 Å². The number of carbonyl (C=O) groups is 1. The van der Waals surface area contributed by atoms with E-state index < -0.39 is 0 Å². The van der Waals surface area contributed by atoms with Crippen LogP contribution in [0.15, 0.2) is 46.6 Å². The van der Waals surface area contributed by atoms with Crippen molar-refractivity contribution in [2.24, 2.45) is 10.2 Å². The molecule has 114 valence electrons. The number of aromatic hydroxyl groups is 1. The van der Waals surface area contributed by atoms with Crippen LogP contribution in [0.3, 0.4) is 0 Å². The highest BCUT2D eigenvalue weighted by Crippen LogP contribution is 2.32. The molecule has 0 fully saturated rings. The summed E-state index contributed by atoms with van der Waals surface area (Å²) in [6.45, 7) is 7.68. The van der Waals surface area contributed by atoms with Crippen LogP contribution in [0.5, 0.6) is 5.75 Å². The van der Waals surface area contributed by atoms with Crippen molar-refractivity contribution in [2.75, 3.05) is 0 Å². The van der Waals surface area contributed by atoms with Gasteiger partial charge in [0.1, 0.15) is 5.75 Å². The van der Waals surface area contributed by atoms with Gasteiger partial charge in [0.25, 0.3) is 5.91 Å². The van der Waals surface area contributed by atoms with Crippen LogP contribution >= 0.6 is 0 Å². The molecule has 4 heteroatoms. The average molecular weight is 296 g/mol. The van der Waals surface area contributed by atoms with E-state index in [9.17, 15) is 9.90 Å². The molecule has 0 aliphatic heterocycles. The first-order valence-corrected chi connectivity index (χ1v) is 7.25. The molecule has 1 N–H and O–H groups in total. The van der Waals surface area contributed by atoms with E-state index in [0.29, 0.717) is 11.3 Å². The monoisotopic (exact) mass is 296 g/mol. The van der Waals surface area contributed by atoms with Crippen LogP contribution in [0.25, 0.3) is 0 Å². The molecule has 0 heterocycles. The van der Waals surface area contributed by atoms with Crippen molar-refractivity contribution in [3.8, 4) is 5.75 Å². The summed E-state index contributed by atoms with van der Waals surface area (Å²) >= 11 is 0. The maximum absolute atomic E-state index is 12.1. The molecule has 0 atom stereocenters. The van der Waals surface area contributed by atoms with E-state index in [1.54, 1.807) is 24.3 Å². The summed E-state index contributed by atoms with van der Waals surface area (Å²) in [6, 6.07) is 10.7. The van der Waals surface area contributed by atoms with Crippen LogP contribution < -0.4 is 0 Å². The molecule has 0 bridgehead atoms. The van der Waals surface area contributed by atoms with Gasteiger partial charge in [-0.3, -0.25) is 4.79 Å². The molecule has 2 rings (SSSR count). The zero-order valence-corrected chi connectivity index (χ0v) is 13.3. The number of rotatable bonds is 3. The van der Waals surface area contributed by atoms with Crippen molar-refractivity contribution in [1.82, 2.24) is 0 Å². The van der Waals surface area contributed by atoms with E-state index in [-0.39, 0.29) is 17.6 Å². The Kier molecular flexibility index (Phi) is 4.71. The smallest absolute Gasteiger partial charge is 0.295 e. The lowest BCUT2D eigenvalue weighted by atomic mass is 9.99. The Bertz CT molecular complexity index is 734. The normalized spacial score (nSPS) is 11.3. The molecule has 0 spiro atoms. The lowest BCUT2D eigenvalue weighted by Crippen LogP contribution is -1.96.